The summed E-state index contributed by atoms with van der Waals surface area (Å²) in [5.41, 5.74) is 6.33. The molecule has 0 aliphatic rings. The molecule has 5 nitrogen and oxygen atoms in total. The van der Waals surface area contributed by atoms with Gasteiger partial charge in [0.15, 0.2) is 0 Å². The van der Waals surface area contributed by atoms with E-state index in [0.717, 1.165) is 19.3 Å². The second-order valence-corrected chi connectivity index (χ2v) is 3.73. The fourth-order valence-corrected chi connectivity index (χ4v) is 1.68. The summed E-state index contributed by atoms with van der Waals surface area (Å²) in [5, 5.41) is 27.5. The third-order valence-corrected chi connectivity index (χ3v) is 2.56. The summed E-state index contributed by atoms with van der Waals surface area (Å²) in [4.78, 5) is 3.59. The molecule has 1 aromatic heterocycles. The van der Waals surface area contributed by atoms with Crippen molar-refractivity contribution in [1.29, 1.82) is 10.5 Å². The topological polar surface area (TPSA) is 107 Å². The number of hydrogen-bond acceptors (Lipinski definition) is 5. The monoisotopic (exact) mass is 230 g/mol. The lowest BCUT2D eigenvalue weighted by atomic mass is 9.98. The molecule has 0 amide bonds. The van der Waals surface area contributed by atoms with Gasteiger partial charge in [-0.15, -0.1) is 0 Å². The number of aromatic hydroxyl groups is 1. The zero-order chi connectivity index (χ0) is 12.8. The lowest BCUT2D eigenvalue weighted by molar-refractivity contribution is 0.451. The van der Waals surface area contributed by atoms with E-state index in [4.69, 9.17) is 16.3 Å². The Hall–Kier alpha value is -2.27. The molecule has 0 aromatic carbocycles. The Morgan fingerprint density at radius 2 is 1.88 bits per heavy atom. The van der Waals surface area contributed by atoms with Gasteiger partial charge in [-0.2, -0.15) is 15.5 Å². The average molecular weight is 230 g/mol. The van der Waals surface area contributed by atoms with E-state index in [9.17, 15) is 5.11 Å². The van der Waals surface area contributed by atoms with E-state index >= 15 is 0 Å². The highest BCUT2D eigenvalue weighted by molar-refractivity contribution is 5.61. The molecule has 0 unspecified atom stereocenters. The fourth-order valence-electron chi connectivity index (χ4n) is 1.68. The van der Waals surface area contributed by atoms with Crippen molar-refractivity contribution in [2.24, 2.45) is 0 Å². The number of nitrogens with zero attached hydrogens (tertiary/aromatic N) is 3. The van der Waals surface area contributed by atoms with Crippen LogP contribution in [0.25, 0.3) is 0 Å². The summed E-state index contributed by atoms with van der Waals surface area (Å²) in [6.07, 6.45) is 3.44. The van der Waals surface area contributed by atoms with E-state index in [0.29, 0.717) is 12.0 Å². The molecule has 0 saturated heterocycles. The van der Waals surface area contributed by atoms with Crippen molar-refractivity contribution < 1.29 is 5.11 Å². The maximum Gasteiger partial charge on any atom is 0.231 e. The first-order valence-corrected chi connectivity index (χ1v) is 5.47. The molecule has 3 N–H and O–H groups in total. The Balaban J connectivity index is 3.23. The van der Waals surface area contributed by atoms with E-state index in [1.54, 1.807) is 0 Å². The van der Waals surface area contributed by atoms with Crippen molar-refractivity contribution in [3.05, 3.63) is 16.7 Å². The molecule has 5 heteroatoms. The van der Waals surface area contributed by atoms with Crippen LogP contribution in [-0.2, 0) is 6.42 Å². The number of nitrogens with two attached hydrogens (primary N) is 1. The van der Waals surface area contributed by atoms with Crippen LogP contribution in [0, 0.1) is 22.7 Å². The minimum Gasteiger partial charge on any atom is -0.492 e. The normalized spacial score (nSPS) is 9.59. The standard InChI is InChI=1S/C12H14N4O/c1-2-3-4-5-8-9(6-13)11(15)16-12(17)10(8)7-14/h2-5H2,1H3,(H3,15,16,17). The molecular weight excluding hydrogens is 216 g/mol. The van der Waals surface area contributed by atoms with E-state index in [2.05, 4.69) is 11.9 Å². The molecule has 17 heavy (non-hydrogen) atoms. The molecule has 1 heterocycles. The minimum absolute atomic E-state index is 0.0181. The largest absolute Gasteiger partial charge is 0.492 e. The van der Waals surface area contributed by atoms with Gasteiger partial charge in [-0.3, -0.25) is 0 Å². The Bertz CT molecular complexity index is 458. The Labute approximate surface area is 100 Å². The molecule has 1 rings (SSSR count). The predicted molar refractivity (Wildman–Crippen MR) is 63.0 cm³/mol. The first-order chi connectivity index (χ1) is 8.15. The number of hydrogen-bond donors (Lipinski definition) is 2. The van der Waals surface area contributed by atoms with Crippen LogP contribution in [-0.4, -0.2) is 10.1 Å². The summed E-state index contributed by atoms with van der Waals surface area (Å²) < 4.78 is 0. The molecule has 0 aliphatic heterocycles. The van der Waals surface area contributed by atoms with Crippen molar-refractivity contribution in [1.82, 2.24) is 4.98 Å². The molecule has 0 radical (unpaired) electrons. The van der Waals surface area contributed by atoms with Crippen molar-refractivity contribution in [2.45, 2.75) is 32.6 Å². The van der Waals surface area contributed by atoms with Gasteiger partial charge in [0.2, 0.25) is 5.88 Å². The molecule has 1 aromatic rings. The van der Waals surface area contributed by atoms with E-state index < -0.39 is 5.88 Å². The summed E-state index contributed by atoms with van der Waals surface area (Å²) in [6, 6.07) is 3.82. The Morgan fingerprint density at radius 1 is 1.24 bits per heavy atom. The van der Waals surface area contributed by atoms with Gasteiger partial charge in [-0.25, -0.2) is 0 Å². The van der Waals surface area contributed by atoms with Gasteiger partial charge in [0.05, 0.1) is 5.56 Å². The zero-order valence-electron chi connectivity index (χ0n) is 9.69. The van der Waals surface area contributed by atoms with Crippen LogP contribution in [0.15, 0.2) is 0 Å². The van der Waals surface area contributed by atoms with Crippen molar-refractivity contribution in [3.8, 4) is 18.0 Å². The number of nitriles is 2. The van der Waals surface area contributed by atoms with Crippen molar-refractivity contribution in [3.63, 3.8) is 0 Å². The highest BCUT2D eigenvalue weighted by Gasteiger charge is 2.17. The van der Waals surface area contributed by atoms with Crippen LogP contribution in [0.4, 0.5) is 5.82 Å². The molecule has 0 atom stereocenters. The van der Waals surface area contributed by atoms with Crippen LogP contribution < -0.4 is 5.73 Å². The van der Waals surface area contributed by atoms with Gasteiger partial charge in [0, 0.05) is 0 Å². The second-order valence-electron chi connectivity index (χ2n) is 3.73. The van der Waals surface area contributed by atoms with Crippen LogP contribution in [0.3, 0.4) is 0 Å². The van der Waals surface area contributed by atoms with Crippen molar-refractivity contribution >= 4 is 5.82 Å². The van der Waals surface area contributed by atoms with E-state index in [1.165, 1.54) is 0 Å². The Morgan fingerprint density at radius 3 is 2.41 bits per heavy atom. The molecule has 88 valence electrons. The maximum atomic E-state index is 9.53. The SMILES string of the molecule is CCCCCc1c(C#N)c(N)nc(O)c1C#N. The van der Waals surface area contributed by atoms with Gasteiger partial charge in [0.25, 0.3) is 0 Å². The summed E-state index contributed by atoms with van der Waals surface area (Å²) in [6.45, 7) is 2.06. The summed E-state index contributed by atoms with van der Waals surface area (Å²) in [5.74, 6) is -0.411. The second kappa shape index (κ2) is 5.72. The number of rotatable bonds is 4. The minimum atomic E-state index is -0.393. The summed E-state index contributed by atoms with van der Waals surface area (Å²) in [7, 11) is 0. The highest BCUT2D eigenvalue weighted by atomic mass is 16.3. The van der Waals surface area contributed by atoms with Crippen molar-refractivity contribution in [2.75, 3.05) is 5.73 Å². The quantitative estimate of drug-likeness (QED) is 0.767. The first-order valence-electron chi connectivity index (χ1n) is 5.47. The highest BCUT2D eigenvalue weighted by Crippen LogP contribution is 2.27. The lowest BCUT2D eigenvalue weighted by Crippen LogP contribution is -2.04. The van der Waals surface area contributed by atoms with Gasteiger partial charge >= 0.3 is 0 Å². The smallest absolute Gasteiger partial charge is 0.231 e. The number of aromatic nitrogens is 1. The molecule has 0 aliphatic carbocycles. The number of nitrogen functional groups attached to an aromatic ring is 1. The average Bonchev–Trinajstić information content (AvgIpc) is 2.29. The van der Waals surface area contributed by atoms with Gasteiger partial charge in [0.1, 0.15) is 23.5 Å². The molecule has 0 fully saturated rings. The van der Waals surface area contributed by atoms with Crippen LogP contribution >= 0.6 is 0 Å². The van der Waals surface area contributed by atoms with Crippen LogP contribution in [0.1, 0.15) is 42.9 Å². The number of pyridine rings is 1. The fraction of sp³-hybridized carbons (Fsp3) is 0.417. The number of anilines is 1. The zero-order valence-corrected chi connectivity index (χ0v) is 9.69. The molecular formula is C12H14N4O. The first kappa shape index (κ1) is 12.8. The molecule has 0 saturated carbocycles. The Kier molecular flexibility index (Phi) is 4.30. The van der Waals surface area contributed by atoms with Gasteiger partial charge in [-0.05, 0) is 18.4 Å². The van der Waals surface area contributed by atoms with Gasteiger partial charge in [-0.1, -0.05) is 19.8 Å². The third-order valence-electron chi connectivity index (χ3n) is 2.56. The maximum absolute atomic E-state index is 9.53. The molecule has 0 bridgehead atoms. The van der Waals surface area contributed by atoms with E-state index in [-0.39, 0.29) is 16.9 Å². The third kappa shape index (κ3) is 2.64. The van der Waals surface area contributed by atoms with Crippen LogP contribution in [0.5, 0.6) is 5.88 Å². The van der Waals surface area contributed by atoms with Gasteiger partial charge < -0.3 is 10.8 Å². The van der Waals surface area contributed by atoms with E-state index in [1.807, 2.05) is 12.1 Å². The predicted octanol–water partition coefficient (Wildman–Crippen LogP) is 1.85. The number of unbranched alkanes of at least 4 members (excludes halogenated alkanes) is 2. The lowest BCUT2D eigenvalue weighted by Gasteiger charge is -2.09. The molecule has 0 spiro atoms. The van der Waals surface area contributed by atoms with Crippen LogP contribution in [0.2, 0.25) is 0 Å². The summed E-state index contributed by atoms with van der Waals surface area (Å²) >= 11 is 0.